The van der Waals surface area contributed by atoms with Crippen molar-refractivity contribution in [2.75, 3.05) is 11.9 Å². The minimum absolute atomic E-state index is 0.130. The number of nitrogens with zero attached hydrogens (tertiary/aromatic N) is 2. The summed E-state index contributed by atoms with van der Waals surface area (Å²) in [6, 6.07) is 1.83. The fourth-order valence-corrected chi connectivity index (χ4v) is 1.10. The van der Waals surface area contributed by atoms with Crippen molar-refractivity contribution in [3.63, 3.8) is 0 Å². The summed E-state index contributed by atoms with van der Waals surface area (Å²) in [4.78, 5) is 8.20. The van der Waals surface area contributed by atoms with Crippen molar-refractivity contribution < 1.29 is 4.74 Å². The molecule has 0 aliphatic carbocycles. The van der Waals surface area contributed by atoms with E-state index in [1.54, 1.807) is 0 Å². The summed E-state index contributed by atoms with van der Waals surface area (Å²) in [5.41, 5.74) is 0.226. The summed E-state index contributed by atoms with van der Waals surface area (Å²) < 4.78 is 5.50. The molecule has 4 heteroatoms. The van der Waals surface area contributed by atoms with Gasteiger partial charge in [-0.2, -0.15) is 0 Å². The molecular formula is C12H21N3O. The molecule has 0 fully saturated rings. The van der Waals surface area contributed by atoms with Crippen molar-refractivity contribution in [3.8, 4) is 5.88 Å². The summed E-state index contributed by atoms with van der Waals surface area (Å²) in [6.07, 6.45) is 1.65. The highest BCUT2D eigenvalue weighted by atomic mass is 16.5. The molecule has 0 aliphatic rings. The van der Waals surface area contributed by atoms with Crippen molar-refractivity contribution in [2.45, 2.75) is 40.7 Å². The fraction of sp³-hybridized carbons (Fsp3) is 0.667. The first-order valence-corrected chi connectivity index (χ1v) is 5.59. The first-order chi connectivity index (χ1) is 7.37. The Morgan fingerprint density at radius 3 is 2.56 bits per heavy atom. The van der Waals surface area contributed by atoms with Crippen molar-refractivity contribution in [3.05, 3.63) is 12.4 Å². The van der Waals surface area contributed by atoms with Crippen molar-refractivity contribution in [1.82, 2.24) is 9.97 Å². The number of hydrogen-bond acceptors (Lipinski definition) is 4. The van der Waals surface area contributed by atoms with Gasteiger partial charge in [0.2, 0.25) is 5.88 Å². The van der Waals surface area contributed by atoms with Gasteiger partial charge in [-0.15, -0.1) is 0 Å². The molecule has 16 heavy (non-hydrogen) atoms. The van der Waals surface area contributed by atoms with Crippen LogP contribution in [0.2, 0.25) is 0 Å². The molecule has 1 N–H and O–H groups in total. The van der Waals surface area contributed by atoms with Crippen LogP contribution in [0.4, 0.5) is 5.82 Å². The lowest BCUT2D eigenvalue weighted by Crippen LogP contribution is -2.19. The van der Waals surface area contributed by atoms with E-state index in [1.165, 1.54) is 6.33 Å². The van der Waals surface area contributed by atoms with Crippen LogP contribution in [0.3, 0.4) is 0 Å². The van der Waals surface area contributed by atoms with E-state index in [0.29, 0.717) is 5.88 Å². The van der Waals surface area contributed by atoms with Crippen LogP contribution in [0, 0.1) is 5.41 Å². The van der Waals surface area contributed by atoms with Crippen LogP contribution in [0.15, 0.2) is 12.4 Å². The highest BCUT2D eigenvalue weighted by Gasteiger charge is 2.10. The van der Waals surface area contributed by atoms with E-state index in [4.69, 9.17) is 4.74 Å². The Balaban J connectivity index is 2.60. The molecule has 0 spiro atoms. The van der Waals surface area contributed by atoms with Gasteiger partial charge >= 0.3 is 0 Å². The van der Waals surface area contributed by atoms with Gasteiger partial charge in [-0.3, -0.25) is 0 Å². The summed E-state index contributed by atoms with van der Waals surface area (Å²) in [5, 5.41) is 3.27. The maximum absolute atomic E-state index is 5.50. The maximum Gasteiger partial charge on any atom is 0.218 e. The van der Waals surface area contributed by atoms with Crippen molar-refractivity contribution in [1.29, 1.82) is 0 Å². The summed E-state index contributed by atoms with van der Waals surface area (Å²) in [5.74, 6) is 1.42. The highest BCUT2D eigenvalue weighted by Crippen LogP contribution is 2.16. The second-order valence-electron chi connectivity index (χ2n) is 5.32. The molecule has 0 bridgehead atoms. The number of ether oxygens (including phenoxy) is 1. The molecular weight excluding hydrogens is 202 g/mol. The Hall–Kier alpha value is -1.32. The molecule has 0 atom stereocenters. The van der Waals surface area contributed by atoms with Gasteiger partial charge < -0.3 is 10.1 Å². The van der Waals surface area contributed by atoms with Crippen molar-refractivity contribution >= 4 is 5.82 Å². The summed E-state index contributed by atoms with van der Waals surface area (Å²) in [7, 11) is 0. The van der Waals surface area contributed by atoms with Gasteiger partial charge in [0, 0.05) is 12.6 Å². The number of rotatable bonds is 4. The van der Waals surface area contributed by atoms with Crippen LogP contribution in [0.25, 0.3) is 0 Å². The Bertz CT molecular complexity index is 331. The molecule has 1 aromatic heterocycles. The third-order valence-corrected chi connectivity index (χ3v) is 1.80. The van der Waals surface area contributed by atoms with E-state index in [-0.39, 0.29) is 11.5 Å². The van der Waals surface area contributed by atoms with Crippen LogP contribution >= 0.6 is 0 Å². The van der Waals surface area contributed by atoms with E-state index in [1.807, 2.05) is 19.9 Å². The van der Waals surface area contributed by atoms with Crippen molar-refractivity contribution in [2.24, 2.45) is 5.41 Å². The fourth-order valence-electron chi connectivity index (χ4n) is 1.10. The van der Waals surface area contributed by atoms with Gasteiger partial charge in [0.05, 0.1) is 6.10 Å². The molecule has 0 amide bonds. The Labute approximate surface area is 97.5 Å². The molecule has 1 aromatic rings. The van der Waals surface area contributed by atoms with Crippen LogP contribution in [0.5, 0.6) is 5.88 Å². The zero-order valence-corrected chi connectivity index (χ0v) is 10.7. The second-order valence-corrected chi connectivity index (χ2v) is 5.32. The minimum atomic E-state index is 0.130. The second kappa shape index (κ2) is 5.14. The lowest BCUT2D eigenvalue weighted by molar-refractivity contribution is 0.232. The Morgan fingerprint density at radius 2 is 2.00 bits per heavy atom. The summed E-state index contributed by atoms with van der Waals surface area (Å²) >= 11 is 0. The standard InChI is InChI=1S/C12H21N3O/c1-9(2)16-11-6-10(14-8-15-11)13-7-12(3,4)5/h6,8-9H,7H2,1-5H3,(H,13,14,15). The van der Waals surface area contributed by atoms with Gasteiger partial charge in [0.25, 0.3) is 0 Å². The van der Waals surface area contributed by atoms with Gasteiger partial charge in [-0.05, 0) is 19.3 Å². The van der Waals surface area contributed by atoms with Gasteiger partial charge in [0.1, 0.15) is 12.1 Å². The highest BCUT2D eigenvalue weighted by molar-refractivity contribution is 5.37. The van der Waals surface area contributed by atoms with Crippen LogP contribution in [0.1, 0.15) is 34.6 Å². The quantitative estimate of drug-likeness (QED) is 0.852. The topological polar surface area (TPSA) is 47.0 Å². The molecule has 1 heterocycles. The molecule has 90 valence electrons. The van der Waals surface area contributed by atoms with Crippen LogP contribution in [-0.4, -0.2) is 22.6 Å². The first-order valence-electron chi connectivity index (χ1n) is 5.59. The molecule has 0 unspecified atom stereocenters. The Morgan fingerprint density at radius 1 is 1.31 bits per heavy atom. The molecule has 0 aromatic carbocycles. The lowest BCUT2D eigenvalue weighted by atomic mass is 9.97. The van der Waals surface area contributed by atoms with Gasteiger partial charge in [-0.1, -0.05) is 20.8 Å². The third kappa shape index (κ3) is 4.96. The van der Waals surface area contributed by atoms with Gasteiger partial charge in [-0.25, -0.2) is 9.97 Å². The Kier molecular flexibility index (Phi) is 4.10. The van der Waals surface area contributed by atoms with Gasteiger partial charge in [0.15, 0.2) is 0 Å². The lowest BCUT2D eigenvalue weighted by Gasteiger charge is -2.19. The number of anilines is 1. The third-order valence-electron chi connectivity index (χ3n) is 1.80. The predicted octanol–water partition coefficient (Wildman–Crippen LogP) is 2.72. The summed E-state index contributed by atoms with van der Waals surface area (Å²) in [6.45, 7) is 11.3. The van der Waals surface area contributed by atoms with E-state index in [9.17, 15) is 0 Å². The predicted molar refractivity (Wildman–Crippen MR) is 65.7 cm³/mol. The first kappa shape index (κ1) is 12.7. The van der Waals surface area contributed by atoms with E-state index >= 15 is 0 Å². The molecule has 0 aliphatic heterocycles. The minimum Gasteiger partial charge on any atom is -0.475 e. The average Bonchev–Trinajstić information content (AvgIpc) is 2.13. The molecule has 0 saturated heterocycles. The molecule has 4 nitrogen and oxygen atoms in total. The maximum atomic E-state index is 5.50. The molecule has 0 radical (unpaired) electrons. The number of hydrogen-bond donors (Lipinski definition) is 1. The monoisotopic (exact) mass is 223 g/mol. The zero-order chi connectivity index (χ0) is 12.2. The van der Waals surface area contributed by atoms with Crippen LogP contribution in [-0.2, 0) is 0 Å². The largest absolute Gasteiger partial charge is 0.475 e. The SMILES string of the molecule is CC(C)Oc1cc(NCC(C)(C)C)ncn1. The molecule has 0 saturated carbocycles. The number of nitrogens with one attached hydrogen (secondary N) is 1. The van der Waals surface area contributed by atoms with E-state index < -0.39 is 0 Å². The van der Waals surface area contributed by atoms with Crippen LogP contribution < -0.4 is 10.1 Å². The smallest absolute Gasteiger partial charge is 0.218 e. The van der Waals surface area contributed by atoms with E-state index in [2.05, 4.69) is 36.1 Å². The van der Waals surface area contributed by atoms with E-state index in [0.717, 1.165) is 12.4 Å². The average molecular weight is 223 g/mol. The normalized spacial score (nSPS) is 11.6. The zero-order valence-electron chi connectivity index (χ0n) is 10.7. The molecule has 1 rings (SSSR count). The number of aromatic nitrogens is 2.